The van der Waals surface area contributed by atoms with E-state index in [0.717, 1.165) is 19.2 Å². The van der Waals surface area contributed by atoms with E-state index in [9.17, 15) is 34.8 Å². The Bertz CT molecular complexity index is 938. The maximum Gasteiger partial charge on any atom is 0.267 e. The molecule has 12 heteroatoms. The van der Waals surface area contributed by atoms with Gasteiger partial charge >= 0.3 is 0 Å². The van der Waals surface area contributed by atoms with Crippen molar-refractivity contribution >= 4 is 15.7 Å². The Balaban J connectivity index is 2.51. The molecule has 0 saturated heterocycles. The molecule has 2 aromatic rings. The van der Waals surface area contributed by atoms with E-state index < -0.39 is 68.7 Å². The maximum atomic E-state index is 14.1. The molecule has 0 aromatic heterocycles. The van der Waals surface area contributed by atoms with E-state index >= 15 is 0 Å². The Morgan fingerprint density at radius 1 is 1.00 bits per heavy atom. The number of sulfonamides is 1. The fraction of sp³-hybridized carbons (Fsp3) is 0.200. The zero-order valence-corrected chi connectivity index (χ0v) is 14.3. The van der Waals surface area contributed by atoms with E-state index in [4.69, 9.17) is 0 Å². The molecule has 0 radical (unpaired) electrons. The lowest BCUT2D eigenvalue weighted by atomic mass is 10.3. The first-order chi connectivity index (χ1) is 12.6. The molecule has 0 bridgehead atoms. The standard InChI is InChI=1S/C15H11F6NO4S/c1-25-9-3-2-7(6-8(9)17)22-27(23,24)15-12(20)10(18)14(26-5-4-16)11(19)13(15)21/h2-3,6,22H,4-5H2,1H3. The van der Waals surface area contributed by atoms with Crippen LogP contribution in [0, 0.1) is 29.1 Å². The molecule has 0 heterocycles. The van der Waals surface area contributed by atoms with E-state index in [0.29, 0.717) is 6.07 Å². The van der Waals surface area contributed by atoms with Crippen molar-refractivity contribution in [3.8, 4) is 11.5 Å². The van der Waals surface area contributed by atoms with Gasteiger partial charge in [0.05, 0.1) is 12.8 Å². The average Bonchev–Trinajstić information content (AvgIpc) is 2.60. The highest BCUT2D eigenvalue weighted by atomic mass is 32.2. The Morgan fingerprint density at radius 3 is 2.07 bits per heavy atom. The summed E-state index contributed by atoms with van der Waals surface area (Å²) in [5.74, 6) is -11.8. The van der Waals surface area contributed by atoms with Gasteiger partial charge in [0.15, 0.2) is 33.8 Å². The van der Waals surface area contributed by atoms with Gasteiger partial charge in [0.1, 0.15) is 13.3 Å². The summed E-state index contributed by atoms with van der Waals surface area (Å²) in [5, 5.41) is 0. The second-order valence-corrected chi connectivity index (χ2v) is 6.53. The summed E-state index contributed by atoms with van der Waals surface area (Å²) in [6, 6.07) is 2.62. The molecule has 0 unspecified atom stereocenters. The quantitative estimate of drug-likeness (QED) is 0.555. The van der Waals surface area contributed by atoms with E-state index in [2.05, 4.69) is 9.47 Å². The largest absolute Gasteiger partial charge is 0.494 e. The summed E-state index contributed by atoms with van der Waals surface area (Å²) >= 11 is 0. The second kappa shape index (κ2) is 7.94. The van der Waals surface area contributed by atoms with Gasteiger partial charge in [0.25, 0.3) is 10.0 Å². The van der Waals surface area contributed by atoms with Crippen molar-refractivity contribution in [2.24, 2.45) is 0 Å². The van der Waals surface area contributed by atoms with Gasteiger partial charge < -0.3 is 9.47 Å². The van der Waals surface area contributed by atoms with Crippen molar-refractivity contribution in [1.82, 2.24) is 0 Å². The first-order valence-corrected chi connectivity index (χ1v) is 8.53. The number of methoxy groups -OCH3 is 1. The highest BCUT2D eigenvalue weighted by molar-refractivity contribution is 7.92. The predicted octanol–water partition coefficient (Wildman–Crippen LogP) is 3.54. The van der Waals surface area contributed by atoms with Crippen LogP contribution >= 0.6 is 0 Å². The van der Waals surface area contributed by atoms with Crippen LogP contribution in [-0.4, -0.2) is 28.8 Å². The first-order valence-electron chi connectivity index (χ1n) is 7.05. The monoisotopic (exact) mass is 415 g/mol. The van der Waals surface area contributed by atoms with Gasteiger partial charge in [-0.15, -0.1) is 0 Å². The maximum absolute atomic E-state index is 14.1. The highest BCUT2D eigenvalue weighted by Gasteiger charge is 2.34. The molecule has 2 aromatic carbocycles. The molecule has 0 aliphatic rings. The van der Waals surface area contributed by atoms with Crippen molar-refractivity contribution in [2.45, 2.75) is 4.90 Å². The first kappa shape index (κ1) is 20.7. The molecule has 5 nitrogen and oxygen atoms in total. The van der Waals surface area contributed by atoms with E-state index in [-0.39, 0.29) is 5.75 Å². The molecule has 1 N–H and O–H groups in total. The summed E-state index contributed by atoms with van der Waals surface area (Å²) in [4.78, 5) is -1.98. The number of hydrogen-bond acceptors (Lipinski definition) is 4. The summed E-state index contributed by atoms with van der Waals surface area (Å²) < 4.78 is 116. The fourth-order valence-corrected chi connectivity index (χ4v) is 3.22. The Labute approximate surface area is 149 Å². The minimum absolute atomic E-state index is 0.248. The SMILES string of the molecule is COc1ccc(NS(=O)(=O)c2c(F)c(F)c(OCCF)c(F)c2F)cc1F. The van der Waals surface area contributed by atoms with Crippen LogP contribution in [0.4, 0.5) is 32.0 Å². The Hall–Kier alpha value is -2.63. The predicted molar refractivity (Wildman–Crippen MR) is 81.5 cm³/mol. The van der Waals surface area contributed by atoms with Crippen LogP contribution in [0.2, 0.25) is 0 Å². The molecule has 0 aliphatic carbocycles. The molecule has 0 atom stereocenters. The topological polar surface area (TPSA) is 64.6 Å². The molecular weight excluding hydrogens is 404 g/mol. The van der Waals surface area contributed by atoms with Gasteiger partial charge in [-0.05, 0) is 12.1 Å². The van der Waals surface area contributed by atoms with Gasteiger partial charge in [-0.3, -0.25) is 4.72 Å². The number of halogens is 6. The molecule has 0 spiro atoms. The van der Waals surface area contributed by atoms with Crippen molar-refractivity contribution in [3.63, 3.8) is 0 Å². The molecule has 0 aliphatic heterocycles. The van der Waals surface area contributed by atoms with Crippen molar-refractivity contribution < 1.29 is 44.2 Å². The van der Waals surface area contributed by atoms with Crippen LogP contribution in [0.3, 0.4) is 0 Å². The summed E-state index contributed by atoms with van der Waals surface area (Å²) in [6.45, 7) is -2.13. The number of ether oxygens (including phenoxy) is 2. The summed E-state index contributed by atoms with van der Waals surface area (Å²) in [6.07, 6.45) is 0. The molecule has 0 fully saturated rings. The van der Waals surface area contributed by atoms with Crippen LogP contribution in [0.1, 0.15) is 0 Å². The zero-order chi connectivity index (χ0) is 20.4. The number of alkyl halides is 1. The molecule has 27 heavy (non-hydrogen) atoms. The number of benzene rings is 2. The second-order valence-electron chi connectivity index (χ2n) is 4.91. The lowest BCUT2D eigenvalue weighted by Gasteiger charge is -2.14. The minimum atomic E-state index is -5.21. The Morgan fingerprint density at radius 2 is 1.59 bits per heavy atom. The molecule has 0 saturated carbocycles. The lowest BCUT2D eigenvalue weighted by molar-refractivity contribution is 0.240. The van der Waals surface area contributed by atoms with Gasteiger partial charge in [-0.2, -0.15) is 8.78 Å². The van der Waals surface area contributed by atoms with Crippen LogP contribution in [0.25, 0.3) is 0 Å². The lowest BCUT2D eigenvalue weighted by Crippen LogP contribution is -2.19. The van der Waals surface area contributed by atoms with Crippen molar-refractivity contribution in [1.29, 1.82) is 0 Å². The minimum Gasteiger partial charge on any atom is -0.494 e. The summed E-state index contributed by atoms with van der Waals surface area (Å²) in [7, 11) is -4.07. The van der Waals surface area contributed by atoms with Crippen LogP contribution < -0.4 is 14.2 Å². The zero-order valence-electron chi connectivity index (χ0n) is 13.5. The highest BCUT2D eigenvalue weighted by Crippen LogP contribution is 2.33. The third-order valence-corrected chi connectivity index (χ3v) is 4.58. The third kappa shape index (κ3) is 4.04. The number of nitrogens with one attached hydrogen (secondary N) is 1. The van der Waals surface area contributed by atoms with E-state index in [1.807, 2.05) is 0 Å². The Kier molecular flexibility index (Phi) is 6.08. The van der Waals surface area contributed by atoms with Crippen molar-refractivity contribution in [2.75, 3.05) is 25.1 Å². The van der Waals surface area contributed by atoms with Gasteiger partial charge in [-0.25, -0.2) is 26.0 Å². The van der Waals surface area contributed by atoms with Crippen molar-refractivity contribution in [3.05, 3.63) is 47.3 Å². The molecule has 148 valence electrons. The van der Waals surface area contributed by atoms with Crippen LogP contribution in [-0.2, 0) is 10.0 Å². The molecule has 2 rings (SSSR count). The normalized spacial score (nSPS) is 11.4. The summed E-state index contributed by atoms with van der Waals surface area (Å²) in [5.41, 5.74) is -0.495. The fourth-order valence-electron chi connectivity index (χ4n) is 2.03. The number of anilines is 1. The smallest absolute Gasteiger partial charge is 0.267 e. The van der Waals surface area contributed by atoms with Gasteiger partial charge in [0, 0.05) is 6.07 Å². The van der Waals surface area contributed by atoms with Gasteiger partial charge in [0.2, 0.25) is 11.6 Å². The van der Waals surface area contributed by atoms with E-state index in [1.165, 1.54) is 0 Å². The van der Waals surface area contributed by atoms with Crippen LogP contribution in [0.5, 0.6) is 11.5 Å². The molecule has 0 amide bonds. The third-order valence-electron chi connectivity index (χ3n) is 3.18. The molecular formula is C15H11F6NO4S. The average molecular weight is 415 g/mol. The van der Waals surface area contributed by atoms with Gasteiger partial charge in [-0.1, -0.05) is 0 Å². The van der Waals surface area contributed by atoms with E-state index in [1.54, 1.807) is 4.72 Å². The van der Waals surface area contributed by atoms with Crippen LogP contribution in [0.15, 0.2) is 23.1 Å². The number of rotatable bonds is 7. The number of hydrogen-bond donors (Lipinski definition) is 1.